The van der Waals surface area contributed by atoms with Crippen molar-refractivity contribution < 1.29 is 4.79 Å². The van der Waals surface area contributed by atoms with Crippen LogP contribution < -0.4 is 10.9 Å². The quantitative estimate of drug-likeness (QED) is 0.644. The Morgan fingerprint density at radius 3 is 2.69 bits per heavy atom. The maximum Gasteiger partial charge on any atom is 0.252 e. The Kier molecular flexibility index (Phi) is 5.29. The van der Waals surface area contributed by atoms with E-state index in [0.717, 1.165) is 24.1 Å². The van der Waals surface area contributed by atoms with Crippen LogP contribution in [-0.2, 0) is 11.2 Å². The zero-order valence-electron chi connectivity index (χ0n) is 16.7. The second kappa shape index (κ2) is 8.03. The van der Waals surface area contributed by atoms with Gasteiger partial charge in [0.05, 0.1) is 11.4 Å². The maximum absolute atomic E-state index is 12.6. The van der Waals surface area contributed by atoms with E-state index in [4.69, 9.17) is 0 Å². The van der Waals surface area contributed by atoms with Gasteiger partial charge in [-0.3, -0.25) is 14.6 Å². The number of amides is 1. The van der Waals surface area contributed by atoms with E-state index in [-0.39, 0.29) is 17.4 Å². The second-order valence-electron chi connectivity index (χ2n) is 7.82. The predicted octanol–water partition coefficient (Wildman–Crippen LogP) is 3.53. The summed E-state index contributed by atoms with van der Waals surface area (Å²) in [6.07, 6.45) is 3.21. The van der Waals surface area contributed by atoms with Crippen molar-refractivity contribution in [1.82, 2.24) is 19.7 Å². The number of benzene rings is 1. The molecule has 2 aromatic heterocycles. The van der Waals surface area contributed by atoms with E-state index in [1.807, 2.05) is 50.2 Å². The summed E-state index contributed by atoms with van der Waals surface area (Å²) in [6, 6.07) is 13.3. The molecule has 150 valence electrons. The van der Waals surface area contributed by atoms with Crippen LogP contribution >= 0.6 is 0 Å². The van der Waals surface area contributed by atoms with Crippen molar-refractivity contribution >= 4 is 11.7 Å². The van der Waals surface area contributed by atoms with Crippen molar-refractivity contribution in [2.45, 2.75) is 51.4 Å². The van der Waals surface area contributed by atoms with Gasteiger partial charge in [-0.25, -0.2) is 4.98 Å². The molecule has 0 atom stereocenters. The van der Waals surface area contributed by atoms with Crippen LogP contribution in [0.2, 0.25) is 0 Å². The molecule has 0 aliphatic heterocycles. The molecule has 1 amide bonds. The summed E-state index contributed by atoms with van der Waals surface area (Å²) in [5.41, 5.74) is 2.49. The van der Waals surface area contributed by atoms with E-state index in [9.17, 15) is 9.59 Å². The number of hydrogen-bond acceptors (Lipinski definition) is 4. The largest absolute Gasteiger partial charge is 0.310 e. The number of carbonyl (C=O) groups is 1. The Hall–Kier alpha value is -3.22. The lowest BCUT2D eigenvalue weighted by Gasteiger charge is -2.10. The van der Waals surface area contributed by atoms with E-state index in [0.29, 0.717) is 36.2 Å². The predicted molar refractivity (Wildman–Crippen MR) is 111 cm³/mol. The zero-order chi connectivity index (χ0) is 20.4. The summed E-state index contributed by atoms with van der Waals surface area (Å²) in [4.78, 5) is 32.0. The second-order valence-corrected chi connectivity index (χ2v) is 7.82. The normalized spacial score (nSPS) is 13.6. The van der Waals surface area contributed by atoms with Gasteiger partial charge in [0, 0.05) is 24.5 Å². The van der Waals surface area contributed by atoms with Crippen molar-refractivity contribution in [2.24, 2.45) is 0 Å². The Morgan fingerprint density at radius 2 is 2.00 bits per heavy atom. The lowest BCUT2D eigenvalue weighted by Crippen LogP contribution is -2.19. The highest BCUT2D eigenvalue weighted by Gasteiger charge is 2.28. The number of hydrogen-bond donors (Lipinski definition) is 2. The molecule has 0 radical (unpaired) electrons. The Morgan fingerprint density at radius 1 is 1.24 bits per heavy atom. The summed E-state index contributed by atoms with van der Waals surface area (Å²) in [5.74, 6) is 1.29. The molecule has 2 N–H and O–H groups in total. The highest BCUT2D eigenvalue weighted by atomic mass is 16.1. The van der Waals surface area contributed by atoms with Gasteiger partial charge in [-0.2, -0.15) is 9.78 Å². The lowest BCUT2D eigenvalue weighted by atomic mass is 10.1. The SMILES string of the molecule is CC(C)c1cc(=O)[nH]c(-n2nc(C3CC3)cc2NC(=O)CCc2ccccc2)n1. The Labute approximate surface area is 169 Å². The van der Waals surface area contributed by atoms with Gasteiger partial charge in [0.25, 0.3) is 5.56 Å². The monoisotopic (exact) mass is 391 g/mol. The number of aromatic nitrogens is 4. The molecule has 1 fully saturated rings. The summed E-state index contributed by atoms with van der Waals surface area (Å²) < 4.78 is 1.54. The topological polar surface area (TPSA) is 92.7 Å². The van der Waals surface area contributed by atoms with Gasteiger partial charge in [-0.05, 0) is 30.7 Å². The maximum atomic E-state index is 12.6. The van der Waals surface area contributed by atoms with Gasteiger partial charge in [0.2, 0.25) is 11.9 Å². The average Bonchev–Trinajstić information content (AvgIpc) is 3.47. The first kappa shape index (κ1) is 19.1. The molecule has 0 unspecified atom stereocenters. The first-order valence-electron chi connectivity index (χ1n) is 10.0. The molecule has 3 aromatic rings. The minimum absolute atomic E-state index is 0.0975. The van der Waals surface area contributed by atoms with Crippen LogP contribution in [-0.4, -0.2) is 25.7 Å². The first-order chi connectivity index (χ1) is 14.0. The highest BCUT2D eigenvalue weighted by molar-refractivity contribution is 5.90. The summed E-state index contributed by atoms with van der Waals surface area (Å²) >= 11 is 0. The molecule has 7 nitrogen and oxygen atoms in total. The number of H-pyrrole nitrogens is 1. The number of anilines is 1. The zero-order valence-corrected chi connectivity index (χ0v) is 16.7. The molecule has 1 saturated carbocycles. The fourth-order valence-electron chi connectivity index (χ4n) is 3.20. The summed E-state index contributed by atoms with van der Waals surface area (Å²) in [5, 5.41) is 7.57. The van der Waals surface area contributed by atoms with Gasteiger partial charge in [0.15, 0.2) is 0 Å². The van der Waals surface area contributed by atoms with Crippen LogP contribution in [0, 0.1) is 0 Å². The number of aryl methyl sites for hydroxylation is 1. The van der Waals surface area contributed by atoms with Crippen molar-refractivity contribution in [3.05, 3.63) is 69.8 Å². The summed E-state index contributed by atoms with van der Waals surface area (Å²) in [7, 11) is 0. The first-order valence-corrected chi connectivity index (χ1v) is 10.0. The van der Waals surface area contributed by atoms with Crippen LogP contribution in [0.3, 0.4) is 0 Å². The molecule has 1 aliphatic rings. The third-order valence-electron chi connectivity index (χ3n) is 5.02. The minimum Gasteiger partial charge on any atom is -0.310 e. The fraction of sp³-hybridized carbons (Fsp3) is 0.364. The molecular formula is C22H25N5O2. The average molecular weight is 391 g/mol. The third-order valence-corrected chi connectivity index (χ3v) is 5.02. The lowest BCUT2D eigenvalue weighted by molar-refractivity contribution is -0.116. The van der Waals surface area contributed by atoms with Gasteiger partial charge >= 0.3 is 0 Å². The van der Waals surface area contributed by atoms with Crippen molar-refractivity contribution in [3.63, 3.8) is 0 Å². The Bertz CT molecular complexity index is 1060. The Balaban J connectivity index is 1.58. The van der Waals surface area contributed by atoms with Crippen LogP contribution in [0.4, 0.5) is 5.82 Å². The molecule has 0 saturated heterocycles. The number of nitrogens with zero attached hydrogens (tertiary/aromatic N) is 3. The van der Waals surface area contributed by atoms with Gasteiger partial charge in [-0.1, -0.05) is 44.2 Å². The number of rotatable bonds is 7. The molecule has 29 heavy (non-hydrogen) atoms. The minimum atomic E-state index is -0.233. The smallest absolute Gasteiger partial charge is 0.252 e. The van der Waals surface area contributed by atoms with E-state index in [1.54, 1.807) is 4.68 Å². The van der Waals surface area contributed by atoms with Crippen LogP contribution in [0.5, 0.6) is 0 Å². The number of aromatic amines is 1. The third kappa shape index (κ3) is 4.62. The standard InChI is InChI=1S/C22H25N5O2/c1-14(2)17-13-21(29)25-22(23-17)27-19(12-18(26-27)16-9-10-16)24-20(28)11-8-15-6-4-3-5-7-15/h3-7,12-14,16H,8-11H2,1-2H3,(H,24,28)(H,23,25,29). The summed E-state index contributed by atoms with van der Waals surface area (Å²) in [6.45, 7) is 3.97. The molecular weight excluding hydrogens is 366 g/mol. The van der Waals surface area contributed by atoms with Gasteiger partial charge < -0.3 is 5.32 Å². The molecule has 7 heteroatoms. The van der Waals surface area contributed by atoms with Crippen molar-refractivity contribution in [1.29, 1.82) is 0 Å². The molecule has 1 aliphatic carbocycles. The van der Waals surface area contributed by atoms with Crippen LogP contribution in [0.1, 0.15) is 61.9 Å². The molecule has 1 aromatic carbocycles. The van der Waals surface area contributed by atoms with Gasteiger partial charge in [0.1, 0.15) is 5.82 Å². The van der Waals surface area contributed by atoms with E-state index < -0.39 is 0 Å². The van der Waals surface area contributed by atoms with Crippen molar-refractivity contribution in [3.8, 4) is 5.95 Å². The van der Waals surface area contributed by atoms with Crippen LogP contribution in [0.15, 0.2) is 47.3 Å². The molecule has 0 bridgehead atoms. The van der Waals surface area contributed by atoms with Gasteiger partial charge in [-0.15, -0.1) is 0 Å². The highest BCUT2D eigenvalue weighted by Crippen LogP contribution is 2.40. The van der Waals surface area contributed by atoms with E-state index in [2.05, 4.69) is 20.4 Å². The van der Waals surface area contributed by atoms with E-state index >= 15 is 0 Å². The molecule has 4 rings (SSSR count). The van der Waals surface area contributed by atoms with Crippen LogP contribution in [0.25, 0.3) is 5.95 Å². The molecule has 2 heterocycles. The van der Waals surface area contributed by atoms with E-state index in [1.165, 1.54) is 6.07 Å². The number of nitrogens with one attached hydrogen (secondary N) is 2. The number of carbonyl (C=O) groups excluding carboxylic acids is 1. The van der Waals surface area contributed by atoms with Crippen molar-refractivity contribution in [2.75, 3.05) is 5.32 Å². The molecule has 0 spiro atoms. The fourth-order valence-corrected chi connectivity index (χ4v) is 3.20.